The quantitative estimate of drug-likeness (QED) is 0.0142. The Balaban J connectivity index is 0.846. The molecule has 8 N–H and O–H groups in total. The summed E-state index contributed by atoms with van der Waals surface area (Å²) < 4.78 is 29.3. The number of benzene rings is 4. The molecule has 28 nitrogen and oxygen atoms in total. The van der Waals surface area contributed by atoms with Crippen LogP contribution in [-0.2, 0) is 40.0 Å². The molecule has 8 rings (SSSR count). The van der Waals surface area contributed by atoms with Gasteiger partial charge in [0, 0.05) is 111 Å². The molecule has 4 heterocycles. The van der Waals surface area contributed by atoms with E-state index in [1.54, 1.807) is 108 Å². The van der Waals surface area contributed by atoms with E-state index >= 15 is 0 Å². The number of carbonyl (C=O) groups is 10. The number of pyridine rings is 1. The molecule has 3 atom stereocenters. The molecule has 0 bridgehead atoms. The van der Waals surface area contributed by atoms with Gasteiger partial charge in [-0.25, -0.2) is 24.2 Å². The molecule has 29 heteroatoms. The number of ether oxygens (including phenoxy) is 5. The Morgan fingerprint density at radius 3 is 2.25 bits per heavy atom. The van der Waals surface area contributed by atoms with Crippen LogP contribution < -0.4 is 41.4 Å². The monoisotopic (exact) mass is 1330 g/mol. The standard InChI is InChI=1S/C66H76ClN11O17/c1-40(2)59(73-64(88)93-32-31-91-29-26-77-55(82)20-21-56(77)83)52(81)33-44(8-6-22-69-63(68)87)61(85)70-46-14-10-42(11-15-46)39-94-65(89)74(4)23-24-75(25-27-79)66(90)95-53-34-51-58(57-41(3)7-5-9-49(53)57)45(35-67)36-78(51)62(86)50-38-76-37-47(16-19-54(76)72-50)71-60(84)43-12-17-48(18-13-43)92-30-28-80/h5,7,9-21,34,37-38,40,44-45,59,79-80H,6,8,22-33,35-36,39H2,1-4H3,(H,70,85)(H,71,84)(H,73,88)(H3,68,69,87)/t44-,45-,59+/m1/s1. The third-order valence-corrected chi connectivity index (χ3v) is 16.0. The highest BCUT2D eigenvalue weighted by Crippen LogP contribution is 2.47. The zero-order chi connectivity index (χ0) is 68.3. The number of aromatic nitrogens is 2. The number of carbonyl (C=O) groups excluding carboxylic acids is 10. The lowest BCUT2D eigenvalue weighted by Gasteiger charge is -2.25. The van der Waals surface area contributed by atoms with Crippen molar-refractivity contribution < 1.29 is 81.8 Å². The van der Waals surface area contributed by atoms with Crippen molar-refractivity contribution >= 4 is 105 Å². The number of aliphatic hydroxyl groups excluding tert-OH is 2. The van der Waals surface area contributed by atoms with Gasteiger partial charge in [0.1, 0.15) is 42.7 Å². The molecule has 504 valence electrons. The first kappa shape index (κ1) is 70.7. The lowest BCUT2D eigenvalue weighted by molar-refractivity contribution is -0.137. The van der Waals surface area contributed by atoms with Gasteiger partial charge in [-0.15, -0.1) is 11.6 Å². The van der Waals surface area contributed by atoms with E-state index in [0.717, 1.165) is 33.6 Å². The topological polar surface area (TPSA) is 362 Å². The van der Waals surface area contributed by atoms with Gasteiger partial charge < -0.3 is 80.0 Å². The van der Waals surface area contributed by atoms with Gasteiger partial charge in [0.25, 0.3) is 23.6 Å². The molecule has 2 aliphatic rings. The molecule has 0 fully saturated rings. The second-order valence-electron chi connectivity index (χ2n) is 22.7. The van der Waals surface area contributed by atoms with E-state index < -0.39 is 78.2 Å². The van der Waals surface area contributed by atoms with Crippen molar-refractivity contribution in [3.8, 4) is 11.5 Å². The number of amides is 10. The summed E-state index contributed by atoms with van der Waals surface area (Å²) in [5.41, 5.74) is 9.55. The van der Waals surface area contributed by atoms with Crippen LogP contribution in [0.1, 0.15) is 76.6 Å². The molecular weight excluding hydrogens is 1250 g/mol. The molecule has 4 aromatic carbocycles. The molecule has 2 aromatic heterocycles. The highest BCUT2D eigenvalue weighted by atomic mass is 35.5. The van der Waals surface area contributed by atoms with E-state index in [4.69, 9.17) is 46.1 Å². The number of imide groups is 1. The molecule has 0 radical (unpaired) electrons. The number of aliphatic hydroxyl groups is 2. The summed E-state index contributed by atoms with van der Waals surface area (Å²) in [4.78, 5) is 140. The molecule has 0 spiro atoms. The number of likely N-dealkylation sites (N-methyl/N-ethyl adjacent to an activating group) is 1. The number of primary amides is 1. The molecule has 0 unspecified atom stereocenters. The van der Waals surface area contributed by atoms with Crippen molar-refractivity contribution in [2.24, 2.45) is 17.6 Å². The summed E-state index contributed by atoms with van der Waals surface area (Å²) in [7, 11) is 1.47. The third-order valence-electron chi connectivity index (χ3n) is 15.7. The van der Waals surface area contributed by atoms with Crippen LogP contribution in [0.2, 0.25) is 0 Å². The van der Waals surface area contributed by atoms with Gasteiger partial charge in [0.15, 0.2) is 5.78 Å². The second-order valence-corrected chi connectivity index (χ2v) is 23.1. The maximum atomic E-state index is 14.6. The lowest BCUT2D eigenvalue weighted by atomic mass is 9.89. The maximum Gasteiger partial charge on any atom is 0.415 e. The van der Waals surface area contributed by atoms with E-state index in [-0.39, 0.29) is 127 Å². The number of aryl methyl sites for hydroxylation is 1. The minimum Gasteiger partial charge on any atom is -0.491 e. The molecule has 6 aromatic rings. The van der Waals surface area contributed by atoms with Crippen molar-refractivity contribution in [3.63, 3.8) is 0 Å². The van der Waals surface area contributed by atoms with Crippen LogP contribution in [0.15, 0.2) is 109 Å². The van der Waals surface area contributed by atoms with Crippen LogP contribution in [0.4, 0.5) is 36.2 Å². The van der Waals surface area contributed by atoms with E-state index in [2.05, 4.69) is 26.3 Å². The lowest BCUT2D eigenvalue weighted by Crippen LogP contribution is -2.46. The Labute approximate surface area is 551 Å². The number of alkyl halides is 1. The number of ketones is 1. The van der Waals surface area contributed by atoms with E-state index in [9.17, 15) is 53.1 Å². The van der Waals surface area contributed by atoms with Gasteiger partial charge in [-0.05, 0) is 96.3 Å². The maximum absolute atomic E-state index is 14.6. The van der Waals surface area contributed by atoms with Crippen molar-refractivity contribution in [2.45, 2.75) is 58.6 Å². The Bertz CT molecular complexity index is 3810. The van der Waals surface area contributed by atoms with Crippen LogP contribution in [0.3, 0.4) is 0 Å². The molecule has 0 saturated heterocycles. The van der Waals surface area contributed by atoms with Gasteiger partial charge in [0.2, 0.25) is 5.91 Å². The first-order valence-electron chi connectivity index (χ1n) is 30.7. The molecular formula is C66H76ClN11O17. The van der Waals surface area contributed by atoms with Crippen molar-refractivity contribution in [1.82, 2.24) is 34.7 Å². The zero-order valence-electron chi connectivity index (χ0n) is 52.9. The smallest absolute Gasteiger partial charge is 0.415 e. The highest BCUT2D eigenvalue weighted by Gasteiger charge is 2.37. The number of nitrogens with zero attached hydrogens (tertiary/aromatic N) is 6. The predicted octanol–water partition coefficient (Wildman–Crippen LogP) is 6.12. The molecule has 2 aliphatic heterocycles. The van der Waals surface area contributed by atoms with Gasteiger partial charge >= 0.3 is 24.3 Å². The summed E-state index contributed by atoms with van der Waals surface area (Å²) in [5, 5.41) is 31.2. The minimum atomic E-state index is -1.04. The van der Waals surface area contributed by atoms with Crippen LogP contribution in [0.25, 0.3) is 16.4 Å². The number of fused-ring (bicyclic) bond motifs is 4. The number of alkyl carbamates (subject to hydrolysis) is 1. The van der Waals surface area contributed by atoms with Crippen LogP contribution in [0.5, 0.6) is 11.5 Å². The number of hydrogen-bond acceptors (Lipinski definition) is 18. The van der Waals surface area contributed by atoms with Crippen LogP contribution in [-0.4, -0.2) is 192 Å². The van der Waals surface area contributed by atoms with Crippen molar-refractivity contribution in [2.75, 3.05) is 107 Å². The van der Waals surface area contributed by atoms with Gasteiger partial charge in [-0.1, -0.05) is 44.2 Å². The van der Waals surface area contributed by atoms with E-state index in [1.807, 2.05) is 19.1 Å². The summed E-state index contributed by atoms with van der Waals surface area (Å²) in [5.74, 6) is -3.55. The van der Waals surface area contributed by atoms with Gasteiger partial charge in [-0.2, -0.15) is 0 Å². The Kier molecular flexibility index (Phi) is 25.0. The number of anilines is 3. The normalized spacial score (nSPS) is 13.9. The largest absolute Gasteiger partial charge is 0.491 e. The number of nitrogens with two attached hydrogens (primary N) is 1. The SMILES string of the molecule is Cc1cccc2c(OC(=O)N(CCO)CCN(C)C(=O)OCc3ccc(NC(=O)[C@H](CCCNC(N)=O)CC(=O)[C@@H](NC(=O)OCCOCCN4C(=O)C=CC4=O)C(C)C)cc3)cc3c(c12)[C@H](CCl)CN3C(=O)c1cn2cc(NC(=O)c3ccc(OCCO)cc3)ccc2n1. The van der Waals surface area contributed by atoms with Crippen LogP contribution in [0, 0.1) is 18.8 Å². The fourth-order valence-electron chi connectivity index (χ4n) is 10.7. The molecule has 95 heavy (non-hydrogen) atoms. The number of halogens is 1. The van der Waals surface area contributed by atoms with E-state index in [0.29, 0.717) is 45.0 Å². The summed E-state index contributed by atoms with van der Waals surface area (Å²) in [6.45, 7) is 4.51. The van der Waals surface area contributed by atoms with Gasteiger partial charge in [-0.3, -0.25) is 33.7 Å². The van der Waals surface area contributed by atoms with Gasteiger partial charge in [0.05, 0.1) is 50.4 Å². The second kappa shape index (κ2) is 33.6. The number of nitrogens with one attached hydrogen (secondary N) is 4. The number of imidazole rings is 1. The highest BCUT2D eigenvalue weighted by molar-refractivity contribution is 6.19. The average molecular weight is 1330 g/mol. The predicted molar refractivity (Wildman–Crippen MR) is 348 cm³/mol. The molecule has 0 aliphatic carbocycles. The summed E-state index contributed by atoms with van der Waals surface area (Å²) >= 11 is 6.63. The fourth-order valence-corrected chi connectivity index (χ4v) is 11.0. The summed E-state index contributed by atoms with van der Waals surface area (Å²) in [6, 6.07) is 21.5. The Morgan fingerprint density at radius 1 is 0.821 bits per heavy atom. The minimum absolute atomic E-state index is 0.0188. The molecule has 10 amide bonds. The van der Waals surface area contributed by atoms with Crippen molar-refractivity contribution in [1.29, 1.82) is 0 Å². The zero-order valence-corrected chi connectivity index (χ0v) is 53.6. The third kappa shape index (κ3) is 18.8. The fraction of sp³-hybridized carbons (Fsp3) is 0.379. The number of hydrogen-bond donors (Lipinski definition) is 7. The Hall–Kier alpha value is -10.2. The van der Waals surface area contributed by atoms with Crippen LogP contribution >= 0.6 is 11.6 Å². The number of rotatable bonds is 32. The number of Topliss-reactive ketones (excluding diaryl/α,β-unsaturated/α-hetero) is 1. The Morgan fingerprint density at radius 2 is 1.56 bits per heavy atom. The average Bonchev–Trinajstić information content (AvgIpc) is 1.63. The van der Waals surface area contributed by atoms with E-state index in [1.165, 1.54) is 16.8 Å². The van der Waals surface area contributed by atoms with Crippen molar-refractivity contribution in [3.05, 3.63) is 137 Å². The first-order valence-corrected chi connectivity index (χ1v) is 31.2. The summed E-state index contributed by atoms with van der Waals surface area (Å²) in [6.07, 6.45) is 3.18. The molecule has 0 saturated carbocycles. The number of urea groups is 1. The first-order chi connectivity index (χ1) is 45.7.